The van der Waals surface area contributed by atoms with E-state index in [0.29, 0.717) is 39.0 Å². The predicted octanol–water partition coefficient (Wildman–Crippen LogP) is 2.50. The molecule has 142 valence electrons. The van der Waals surface area contributed by atoms with Crippen molar-refractivity contribution in [1.29, 1.82) is 0 Å². The number of carbonyl (C=O) groups excluding carboxylic acids is 1. The van der Waals surface area contributed by atoms with Crippen LogP contribution in [0.4, 0.5) is 0 Å². The second kappa shape index (κ2) is 8.45. The summed E-state index contributed by atoms with van der Waals surface area (Å²) in [5.74, 6) is 0.129. The summed E-state index contributed by atoms with van der Waals surface area (Å²) in [7, 11) is -3.17. The number of sulfonamides is 1. The quantitative estimate of drug-likeness (QED) is 0.705. The molecule has 1 aliphatic rings. The van der Waals surface area contributed by atoms with Crippen molar-refractivity contribution in [2.45, 2.75) is 32.1 Å². The van der Waals surface area contributed by atoms with Crippen LogP contribution >= 0.6 is 11.3 Å². The highest BCUT2D eigenvalue weighted by atomic mass is 32.2. The minimum Gasteiger partial charge on any atom is -0.341 e. The number of rotatable bonds is 6. The molecule has 1 aromatic heterocycles. The van der Waals surface area contributed by atoms with Crippen molar-refractivity contribution in [3.63, 3.8) is 0 Å². The zero-order valence-electron chi connectivity index (χ0n) is 15.1. The molecule has 2 aromatic rings. The smallest absolute Gasteiger partial charge is 0.222 e. The van der Waals surface area contributed by atoms with Crippen molar-refractivity contribution in [2.75, 3.05) is 32.4 Å². The Morgan fingerprint density at radius 2 is 1.96 bits per heavy atom. The maximum atomic E-state index is 12.4. The van der Waals surface area contributed by atoms with Crippen molar-refractivity contribution in [3.8, 4) is 0 Å². The van der Waals surface area contributed by atoms with E-state index >= 15 is 0 Å². The van der Waals surface area contributed by atoms with Crippen molar-refractivity contribution in [3.05, 3.63) is 29.3 Å². The first-order valence-corrected chi connectivity index (χ1v) is 11.7. The Morgan fingerprint density at radius 1 is 1.15 bits per heavy atom. The number of nitrogens with zero attached hydrogens (tertiary/aromatic N) is 3. The van der Waals surface area contributed by atoms with Crippen LogP contribution in [0.1, 0.15) is 30.7 Å². The van der Waals surface area contributed by atoms with Gasteiger partial charge in [0.15, 0.2) is 0 Å². The van der Waals surface area contributed by atoms with E-state index in [4.69, 9.17) is 0 Å². The molecule has 0 unspecified atom stereocenters. The van der Waals surface area contributed by atoms with Gasteiger partial charge in [0.2, 0.25) is 15.9 Å². The Labute approximate surface area is 158 Å². The number of para-hydroxylation sites is 1. The first kappa shape index (κ1) is 19.3. The van der Waals surface area contributed by atoms with Gasteiger partial charge in [0.1, 0.15) is 0 Å². The topological polar surface area (TPSA) is 70.6 Å². The SMILES string of the molecule is CS(=O)(=O)N1CCCN(C(=O)CCCCc2nc3ccccc3s2)CC1. The first-order chi connectivity index (χ1) is 12.4. The highest BCUT2D eigenvalue weighted by molar-refractivity contribution is 7.88. The van der Waals surface area contributed by atoms with Gasteiger partial charge in [-0.25, -0.2) is 17.7 Å². The van der Waals surface area contributed by atoms with E-state index in [1.54, 1.807) is 11.3 Å². The molecule has 1 fully saturated rings. The Hall–Kier alpha value is -1.51. The summed E-state index contributed by atoms with van der Waals surface area (Å²) < 4.78 is 26.0. The van der Waals surface area contributed by atoms with Gasteiger partial charge in [0, 0.05) is 32.6 Å². The van der Waals surface area contributed by atoms with Crippen LogP contribution in [0.5, 0.6) is 0 Å². The fraction of sp³-hybridized carbons (Fsp3) is 0.556. The lowest BCUT2D eigenvalue weighted by atomic mass is 10.2. The van der Waals surface area contributed by atoms with Crippen LogP contribution in [-0.4, -0.2) is 60.9 Å². The van der Waals surface area contributed by atoms with Crippen molar-refractivity contribution in [2.24, 2.45) is 0 Å². The normalized spacial score (nSPS) is 16.7. The van der Waals surface area contributed by atoms with E-state index in [9.17, 15) is 13.2 Å². The van der Waals surface area contributed by atoms with E-state index in [-0.39, 0.29) is 5.91 Å². The summed E-state index contributed by atoms with van der Waals surface area (Å²) in [6.07, 6.45) is 5.12. The van der Waals surface area contributed by atoms with E-state index in [2.05, 4.69) is 11.1 Å². The average molecular weight is 396 g/mol. The molecule has 6 nitrogen and oxygen atoms in total. The minimum absolute atomic E-state index is 0.129. The van der Waals surface area contributed by atoms with Gasteiger partial charge in [-0.1, -0.05) is 12.1 Å². The third-order valence-corrected chi connectivity index (χ3v) is 7.05. The van der Waals surface area contributed by atoms with E-state index in [0.717, 1.165) is 29.8 Å². The molecular formula is C18H25N3O3S2. The second-order valence-corrected chi connectivity index (χ2v) is 9.78. The number of aromatic nitrogens is 1. The molecular weight excluding hydrogens is 370 g/mol. The fourth-order valence-electron chi connectivity index (χ4n) is 3.21. The maximum absolute atomic E-state index is 12.4. The summed E-state index contributed by atoms with van der Waals surface area (Å²) in [6, 6.07) is 8.13. The van der Waals surface area contributed by atoms with Gasteiger partial charge in [-0.05, 0) is 37.8 Å². The van der Waals surface area contributed by atoms with Gasteiger partial charge < -0.3 is 4.90 Å². The standard InChI is InChI=1S/C18H25N3O3S2/c1-26(23,24)21-12-6-11-20(13-14-21)18(22)10-5-4-9-17-19-15-7-2-3-8-16(15)25-17/h2-3,7-8H,4-6,9-14H2,1H3. The highest BCUT2D eigenvalue weighted by Crippen LogP contribution is 2.23. The van der Waals surface area contributed by atoms with E-state index in [1.165, 1.54) is 15.3 Å². The van der Waals surface area contributed by atoms with Crippen LogP contribution in [0.3, 0.4) is 0 Å². The summed E-state index contributed by atoms with van der Waals surface area (Å²) in [5, 5.41) is 1.12. The zero-order chi connectivity index (χ0) is 18.6. The lowest BCUT2D eigenvalue weighted by Gasteiger charge is -2.21. The van der Waals surface area contributed by atoms with Crippen LogP contribution in [0.2, 0.25) is 0 Å². The molecule has 0 atom stereocenters. The molecule has 1 amide bonds. The minimum atomic E-state index is -3.17. The van der Waals surface area contributed by atoms with Crippen LogP contribution in [0.15, 0.2) is 24.3 Å². The first-order valence-electron chi connectivity index (χ1n) is 9.01. The fourth-order valence-corrected chi connectivity index (χ4v) is 5.10. The molecule has 2 heterocycles. The number of fused-ring (bicyclic) bond motifs is 1. The Kier molecular flexibility index (Phi) is 6.26. The lowest BCUT2D eigenvalue weighted by molar-refractivity contribution is -0.131. The number of hydrogen-bond acceptors (Lipinski definition) is 5. The van der Waals surface area contributed by atoms with Crippen LogP contribution < -0.4 is 0 Å². The number of carbonyl (C=O) groups is 1. The molecule has 0 aliphatic carbocycles. The summed E-state index contributed by atoms with van der Waals surface area (Å²) >= 11 is 1.72. The highest BCUT2D eigenvalue weighted by Gasteiger charge is 2.23. The van der Waals surface area contributed by atoms with E-state index in [1.807, 2.05) is 23.1 Å². The molecule has 1 saturated heterocycles. The summed E-state index contributed by atoms with van der Waals surface area (Å²) in [5.41, 5.74) is 1.04. The Morgan fingerprint density at radius 3 is 2.73 bits per heavy atom. The molecule has 3 rings (SSSR count). The number of amides is 1. The molecule has 1 aliphatic heterocycles. The second-order valence-electron chi connectivity index (χ2n) is 6.68. The lowest BCUT2D eigenvalue weighted by Crippen LogP contribution is -2.36. The number of aryl methyl sites for hydroxylation is 1. The van der Waals surface area contributed by atoms with Gasteiger partial charge in [0.05, 0.1) is 21.5 Å². The maximum Gasteiger partial charge on any atom is 0.222 e. The van der Waals surface area contributed by atoms with Gasteiger partial charge in [-0.2, -0.15) is 0 Å². The van der Waals surface area contributed by atoms with Crippen LogP contribution in [-0.2, 0) is 21.2 Å². The third-order valence-electron chi connectivity index (χ3n) is 4.65. The van der Waals surface area contributed by atoms with E-state index < -0.39 is 10.0 Å². The zero-order valence-corrected chi connectivity index (χ0v) is 16.7. The van der Waals surface area contributed by atoms with Crippen molar-refractivity contribution >= 4 is 37.5 Å². The summed E-state index contributed by atoms with van der Waals surface area (Å²) in [4.78, 5) is 18.8. The number of hydrogen-bond donors (Lipinski definition) is 0. The Bertz CT molecular complexity index is 830. The van der Waals surface area contributed by atoms with Crippen molar-refractivity contribution in [1.82, 2.24) is 14.2 Å². The molecule has 0 bridgehead atoms. The number of thiazole rings is 1. The van der Waals surface area contributed by atoms with Gasteiger partial charge in [-0.3, -0.25) is 4.79 Å². The molecule has 0 N–H and O–H groups in total. The average Bonchev–Trinajstić information content (AvgIpc) is 2.83. The molecule has 0 saturated carbocycles. The van der Waals surface area contributed by atoms with Crippen LogP contribution in [0, 0.1) is 0 Å². The number of unbranched alkanes of at least 4 members (excludes halogenated alkanes) is 1. The monoisotopic (exact) mass is 395 g/mol. The van der Waals surface area contributed by atoms with Gasteiger partial charge in [0.25, 0.3) is 0 Å². The summed E-state index contributed by atoms with van der Waals surface area (Å²) in [6.45, 7) is 2.03. The van der Waals surface area contributed by atoms with Gasteiger partial charge >= 0.3 is 0 Å². The van der Waals surface area contributed by atoms with Gasteiger partial charge in [-0.15, -0.1) is 11.3 Å². The largest absolute Gasteiger partial charge is 0.341 e. The van der Waals surface area contributed by atoms with Crippen LogP contribution in [0.25, 0.3) is 10.2 Å². The molecule has 26 heavy (non-hydrogen) atoms. The molecule has 8 heteroatoms. The Balaban J connectivity index is 1.42. The third kappa shape index (κ3) is 5.02. The predicted molar refractivity (Wildman–Crippen MR) is 105 cm³/mol. The molecule has 0 spiro atoms. The molecule has 0 radical (unpaired) electrons. The van der Waals surface area contributed by atoms with Crippen molar-refractivity contribution < 1.29 is 13.2 Å². The molecule has 1 aromatic carbocycles. The number of benzene rings is 1.